The van der Waals surface area contributed by atoms with Gasteiger partial charge < -0.3 is 9.47 Å². The average molecular weight is 292 g/mol. The van der Waals surface area contributed by atoms with E-state index in [0.717, 1.165) is 12.8 Å². The van der Waals surface area contributed by atoms with E-state index >= 15 is 0 Å². The first kappa shape index (κ1) is 17.2. The Morgan fingerprint density at radius 2 is 1.52 bits per heavy atom. The van der Waals surface area contributed by atoms with Gasteiger partial charge in [0.15, 0.2) is 11.5 Å². The Kier molecular flexibility index (Phi) is 6.40. The summed E-state index contributed by atoms with van der Waals surface area (Å²) < 4.78 is 10.4. The van der Waals surface area contributed by atoms with E-state index in [1.807, 2.05) is 0 Å². The number of rotatable bonds is 6. The molecule has 116 valence electrons. The number of esters is 2. The van der Waals surface area contributed by atoms with Gasteiger partial charge in [0.2, 0.25) is 0 Å². The third kappa shape index (κ3) is 6.93. The highest BCUT2D eigenvalue weighted by Crippen LogP contribution is 2.28. The van der Waals surface area contributed by atoms with E-state index in [4.69, 9.17) is 9.47 Å². The highest BCUT2D eigenvalue weighted by atomic mass is 16.6. The molecule has 0 bridgehead atoms. The summed E-state index contributed by atoms with van der Waals surface area (Å²) in [6.45, 7) is 8.12. The molecule has 0 aliphatic heterocycles. The first-order valence-corrected chi connectivity index (χ1v) is 7.32. The van der Waals surface area contributed by atoms with E-state index < -0.39 is 0 Å². The van der Waals surface area contributed by atoms with Crippen molar-refractivity contribution >= 4 is 11.9 Å². The molecule has 0 aromatic heterocycles. The van der Waals surface area contributed by atoms with Crippen LogP contribution in [0.15, 0.2) is 24.3 Å². The van der Waals surface area contributed by atoms with Crippen molar-refractivity contribution in [3.8, 4) is 11.5 Å². The number of hydrogen-bond donors (Lipinski definition) is 0. The van der Waals surface area contributed by atoms with Crippen LogP contribution < -0.4 is 9.47 Å². The maximum atomic E-state index is 11.8. The molecule has 0 saturated heterocycles. The number of ether oxygens (including phenoxy) is 2. The number of carbonyl (C=O) groups excluding carboxylic acids is 2. The van der Waals surface area contributed by atoms with Gasteiger partial charge in [-0.1, -0.05) is 39.8 Å². The van der Waals surface area contributed by atoms with Gasteiger partial charge in [0.05, 0.1) is 0 Å². The largest absolute Gasteiger partial charge is 0.423 e. The number of benzene rings is 1. The van der Waals surface area contributed by atoms with Crippen LogP contribution in [0.5, 0.6) is 11.5 Å². The van der Waals surface area contributed by atoms with E-state index in [-0.39, 0.29) is 29.5 Å². The minimum Gasteiger partial charge on any atom is -0.423 e. The van der Waals surface area contributed by atoms with Crippen LogP contribution in [-0.4, -0.2) is 11.9 Å². The van der Waals surface area contributed by atoms with Gasteiger partial charge in [-0.05, 0) is 30.4 Å². The highest BCUT2D eigenvalue weighted by molar-refractivity contribution is 5.75. The van der Waals surface area contributed by atoms with Crippen molar-refractivity contribution < 1.29 is 19.1 Å². The van der Waals surface area contributed by atoms with E-state index in [1.165, 1.54) is 0 Å². The summed E-state index contributed by atoms with van der Waals surface area (Å²) >= 11 is 0. The van der Waals surface area contributed by atoms with E-state index in [9.17, 15) is 9.59 Å². The third-order valence-electron chi connectivity index (χ3n) is 2.89. The van der Waals surface area contributed by atoms with Gasteiger partial charge in [-0.25, -0.2) is 0 Å². The van der Waals surface area contributed by atoms with Gasteiger partial charge in [-0.3, -0.25) is 9.59 Å². The fraction of sp³-hybridized carbons (Fsp3) is 0.529. The van der Waals surface area contributed by atoms with Gasteiger partial charge in [0, 0.05) is 12.8 Å². The second-order valence-corrected chi connectivity index (χ2v) is 6.16. The molecule has 1 rings (SSSR count). The molecule has 1 aromatic carbocycles. The van der Waals surface area contributed by atoms with Crippen molar-refractivity contribution in [3.63, 3.8) is 0 Å². The summed E-state index contributed by atoms with van der Waals surface area (Å²) in [5.41, 5.74) is 0.203. The molecule has 1 aromatic rings. The minimum absolute atomic E-state index is 0.203. The molecule has 0 N–H and O–H groups in total. The molecule has 0 aliphatic rings. The van der Waals surface area contributed by atoms with Crippen LogP contribution in [0.4, 0.5) is 0 Å². The first-order chi connectivity index (χ1) is 9.81. The molecule has 4 heteroatoms. The van der Waals surface area contributed by atoms with E-state index in [0.29, 0.717) is 12.2 Å². The zero-order valence-electron chi connectivity index (χ0n) is 13.3. The molecule has 0 atom stereocenters. The minimum atomic E-state index is -0.355. The zero-order valence-corrected chi connectivity index (χ0v) is 13.3. The van der Waals surface area contributed by atoms with Crippen LogP contribution in [0.25, 0.3) is 0 Å². The Morgan fingerprint density at radius 3 is 2.00 bits per heavy atom. The lowest BCUT2D eigenvalue weighted by atomic mass is 9.90. The van der Waals surface area contributed by atoms with Crippen LogP contribution in [0.3, 0.4) is 0 Å². The number of para-hydroxylation sites is 2. The summed E-state index contributed by atoms with van der Waals surface area (Å²) in [5.74, 6) is -0.0842. The van der Waals surface area contributed by atoms with Crippen LogP contribution in [0.2, 0.25) is 0 Å². The molecule has 0 saturated carbocycles. The maximum Gasteiger partial charge on any atom is 0.311 e. The predicted octanol–water partition coefficient (Wildman–Crippen LogP) is 4.12. The zero-order chi connectivity index (χ0) is 15.9. The number of hydrogen-bond acceptors (Lipinski definition) is 4. The van der Waals surface area contributed by atoms with Crippen molar-refractivity contribution in [1.82, 2.24) is 0 Å². The molecule has 0 fully saturated rings. The lowest BCUT2D eigenvalue weighted by Crippen LogP contribution is -2.12. The monoisotopic (exact) mass is 292 g/mol. The van der Waals surface area contributed by atoms with Crippen LogP contribution in [-0.2, 0) is 9.59 Å². The standard InChI is InChI=1S/C17H24O4/c1-5-15(18)20-13-9-6-7-10-14(13)21-16(19)11-8-12-17(2,3)4/h6-7,9-10H,5,8,11-12H2,1-4H3. The fourth-order valence-corrected chi connectivity index (χ4v) is 1.75. The molecular formula is C17H24O4. The Bertz CT molecular complexity index is 486. The molecule has 0 heterocycles. The van der Waals surface area contributed by atoms with Gasteiger partial charge in [0.25, 0.3) is 0 Å². The van der Waals surface area contributed by atoms with Crippen LogP contribution in [0.1, 0.15) is 53.4 Å². The summed E-state index contributed by atoms with van der Waals surface area (Å²) in [6, 6.07) is 6.71. The summed E-state index contributed by atoms with van der Waals surface area (Å²) in [6.07, 6.45) is 2.36. The smallest absolute Gasteiger partial charge is 0.311 e. The summed E-state index contributed by atoms with van der Waals surface area (Å²) in [5, 5.41) is 0. The second-order valence-electron chi connectivity index (χ2n) is 6.16. The fourth-order valence-electron chi connectivity index (χ4n) is 1.75. The lowest BCUT2D eigenvalue weighted by molar-refractivity contribution is -0.137. The summed E-state index contributed by atoms with van der Waals surface area (Å²) in [4.78, 5) is 23.2. The van der Waals surface area contributed by atoms with Gasteiger partial charge >= 0.3 is 11.9 Å². The topological polar surface area (TPSA) is 52.6 Å². The van der Waals surface area contributed by atoms with Gasteiger partial charge in [-0.2, -0.15) is 0 Å². The summed E-state index contributed by atoms with van der Waals surface area (Å²) in [7, 11) is 0. The van der Waals surface area contributed by atoms with E-state index in [1.54, 1.807) is 31.2 Å². The van der Waals surface area contributed by atoms with Crippen molar-refractivity contribution in [2.75, 3.05) is 0 Å². The van der Waals surface area contributed by atoms with Crippen molar-refractivity contribution in [2.24, 2.45) is 5.41 Å². The van der Waals surface area contributed by atoms with Crippen LogP contribution in [0, 0.1) is 5.41 Å². The second kappa shape index (κ2) is 7.81. The quantitative estimate of drug-likeness (QED) is 0.584. The van der Waals surface area contributed by atoms with Gasteiger partial charge in [0.1, 0.15) is 0 Å². The van der Waals surface area contributed by atoms with Crippen molar-refractivity contribution in [2.45, 2.75) is 53.4 Å². The normalized spacial score (nSPS) is 11.0. The first-order valence-electron chi connectivity index (χ1n) is 7.32. The third-order valence-corrected chi connectivity index (χ3v) is 2.89. The molecular weight excluding hydrogens is 268 g/mol. The Hall–Kier alpha value is -1.84. The molecule has 0 spiro atoms. The molecule has 0 amide bonds. The Morgan fingerprint density at radius 1 is 1.00 bits per heavy atom. The van der Waals surface area contributed by atoms with Crippen LogP contribution >= 0.6 is 0 Å². The Labute approximate surface area is 126 Å². The van der Waals surface area contributed by atoms with Gasteiger partial charge in [-0.15, -0.1) is 0 Å². The SMILES string of the molecule is CCC(=O)Oc1ccccc1OC(=O)CCCC(C)(C)C. The van der Waals surface area contributed by atoms with Crippen molar-refractivity contribution in [1.29, 1.82) is 0 Å². The lowest BCUT2D eigenvalue weighted by Gasteiger charge is -2.17. The van der Waals surface area contributed by atoms with Crippen molar-refractivity contribution in [3.05, 3.63) is 24.3 Å². The average Bonchev–Trinajstić information content (AvgIpc) is 2.39. The van der Waals surface area contributed by atoms with E-state index in [2.05, 4.69) is 20.8 Å². The molecule has 21 heavy (non-hydrogen) atoms. The maximum absolute atomic E-state index is 11.8. The molecule has 4 nitrogen and oxygen atoms in total. The molecule has 0 unspecified atom stereocenters. The molecule has 0 aliphatic carbocycles. The number of carbonyl (C=O) groups is 2. The Balaban J connectivity index is 2.57. The predicted molar refractivity (Wildman–Crippen MR) is 81.3 cm³/mol. The molecule has 0 radical (unpaired) electrons. The highest BCUT2D eigenvalue weighted by Gasteiger charge is 2.14.